The maximum Gasteiger partial charge on any atom is 0.271 e. The van der Waals surface area contributed by atoms with Crippen LogP contribution in [0.3, 0.4) is 0 Å². The molecule has 2 rings (SSSR count). The largest absolute Gasteiger partial charge is 0.471 e. The van der Waals surface area contributed by atoms with Crippen molar-refractivity contribution >= 4 is 17.5 Å². The molecule has 6 heteroatoms. The van der Waals surface area contributed by atoms with Gasteiger partial charge in [0.05, 0.1) is 0 Å². The van der Waals surface area contributed by atoms with Crippen molar-refractivity contribution in [3.8, 4) is 5.75 Å². The molecule has 20 heavy (non-hydrogen) atoms. The highest BCUT2D eigenvalue weighted by atomic mass is 35.5. The third-order valence-electron chi connectivity index (χ3n) is 2.59. The normalized spacial score (nSPS) is 10.3. The number of hydrogen-bond donors (Lipinski definition) is 1. The minimum absolute atomic E-state index is 0.169. The van der Waals surface area contributed by atoms with Crippen LogP contribution in [-0.2, 0) is 6.73 Å². The van der Waals surface area contributed by atoms with Gasteiger partial charge in [0.25, 0.3) is 5.91 Å². The molecule has 1 heterocycles. The number of benzene rings is 1. The summed E-state index contributed by atoms with van der Waals surface area (Å²) < 4.78 is 7.10. The summed E-state index contributed by atoms with van der Waals surface area (Å²) in [5.41, 5.74) is 0.387. The lowest BCUT2D eigenvalue weighted by Crippen LogP contribution is -2.24. The average Bonchev–Trinajstić information content (AvgIpc) is 2.93. The van der Waals surface area contributed by atoms with Crippen molar-refractivity contribution in [2.24, 2.45) is 0 Å². The lowest BCUT2D eigenvalue weighted by Gasteiger charge is -2.06. The van der Waals surface area contributed by atoms with Crippen molar-refractivity contribution in [3.63, 3.8) is 0 Å². The zero-order valence-corrected chi connectivity index (χ0v) is 11.9. The Balaban J connectivity index is 1.89. The molecule has 0 atom stereocenters. The monoisotopic (exact) mass is 293 g/mol. The molecule has 1 amide bonds. The highest BCUT2D eigenvalue weighted by molar-refractivity contribution is 6.30. The van der Waals surface area contributed by atoms with Crippen LogP contribution in [0.25, 0.3) is 0 Å². The Bertz CT molecular complexity index is 566. The minimum Gasteiger partial charge on any atom is -0.471 e. The Labute approximate surface area is 122 Å². The molecule has 0 saturated carbocycles. The first kappa shape index (κ1) is 14.4. The fourth-order valence-corrected chi connectivity index (χ4v) is 1.68. The SMILES string of the molecule is CCCNC(=O)c1ccn(COc2ccc(Cl)cc2)n1. The fourth-order valence-electron chi connectivity index (χ4n) is 1.56. The first-order chi connectivity index (χ1) is 9.69. The molecular formula is C14H16ClN3O2. The van der Waals surface area contributed by atoms with Gasteiger partial charge >= 0.3 is 0 Å². The third-order valence-corrected chi connectivity index (χ3v) is 2.84. The molecule has 0 unspecified atom stereocenters. The first-order valence-electron chi connectivity index (χ1n) is 6.39. The van der Waals surface area contributed by atoms with Crippen LogP contribution in [0.15, 0.2) is 36.5 Å². The first-order valence-corrected chi connectivity index (χ1v) is 6.77. The van der Waals surface area contributed by atoms with Crippen LogP contribution in [0, 0.1) is 0 Å². The number of carbonyl (C=O) groups is 1. The van der Waals surface area contributed by atoms with E-state index in [-0.39, 0.29) is 12.6 Å². The summed E-state index contributed by atoms with van der Waals surface area (Å²) in [4.78, 5) is 11.7. The van der Waals surface area contributed by atoms with Crippen LogP contribution in [0.5, 0.6) is 5.75 Å². The second kappa shape index (κ2) is 6.96. The molecular weight excluding hydrogens is 278 g/mol. The van der Waals surface area contributed by atoms with Gasteiger partial charge in [-0.2, -0.15) is 5.10 Å². The van der Waals surface area contributed by atoms with Crippen molar-refractivity contribution in [1.82, 2.24) is 15.1 Å². The number of carbonyl (C=O) groups excluding carboxylic acids is 1. The van der Waals surface area contributed by atoms with Gasteiger partial charge in [0.1, 0.15) is 11.4 Å². The quantitative estimate of drug-likeness (QED) is 0.891. The Hall–Kier alpha value is -2.01. The predicted molar refractivity (Wildman–Crippen MR) is 76.9 cm³/mol. The van der Waals surface area contributed by atoms with Gasteiger partial charge in [-0.15, -0.1) is 0 Å². The van der Waals surface area contributed by atoms with Gasteiger partial charge in [-0.25, -0.2) is 4.68 Å². The highest BCUT2D eigenvalue weighted by Gasteiger charge is 2.08. The van der Waals surface area contributed by atoms with E-state index in [0.29, 0.717) is 23.0 Å². The summed E-state index contributed by atoms with van der Waals surface area (Å²) in [7, 11) is 0. The molecule has 106 valence electrons. The third kappa shape index (κ3) is 3.99. The number of halogens is 1. The fraction of sp³-hybridized carbons (Fsp3) is 0.286. The van der Waals surface area contributed by atoms with Gasteiger partial charge in [0.2, 0.25) is 0 Å². The summed E-state index contributed by atoms with van der Waals surface area (Å²) in [5, 5.41) is 7.58. The Kier molecular flexibility index (Phi) is 5.01. The number of amides is 1. The van der Waals surface area contributed by atoms with Crippen molar-refractivity contribution in [2.75, 3.05) is 6.54 Å². The molecule has 1 aromatic carbocycles. The second-order valence-electron chi connectivity index (χ2n) is 4.22. The summed E-state index contributed by atoms with van der Waals surface area (Å²) in [6.07, 6.45) is 2.60. The zero-order chi connectivity index (χ0) is 14.4. The van der Waals surface area contributed by atoms with Gasteiger partial charge in [-0.05, 0) is 36.8 Å². The maximum absolute atomic E-state index is 11.7. The van der Waals surface area contributed by atoms with Crippen LogP contribution >= 0.6 is 11.6 Å². The molecule has 0 radical (unpaired) electrons. The summed E-state index contributed by atoms with van der Waals surface area (Å²) >= 11 is 5.79. The molecule has 0 aliphatic heterocycles. The van der Waals surface area contributed by atoms with E-state index in [9.17, 15) is 4.79 Å². The molecule has 0 fully saturated rings. The number of nitrogens with zero attached hydrogens (tertiary/aromatic N) is 2. The lowest BCUT2D eigenvalue weighted by atomic mass is 10.3. The lowest BCUT2D eigenvalue weighted by molar-refractivity contribution is 0.0946. The molecule has 0 spiro atoms. The topological polar surface area (TPSA) is 56.2 Å². The van der Waals surface area contributed by atoms with Gasteiger partial charge in [-0.3, -0.25) is 4.79 Å². The highest BCUT2D eigenvalue weighted by Crippen LogP contribution is 2.15. The van der Waals surface area contributed by atoms with Crippen LogP contribution in [0.1, 0.15) is 23.8 Å². The molecule has 0 saturated heterocycles. The molecule has 1 aromatic heterocycles. The van der Waals surface area contributed by atoms with Crippen LogP contribution in [0.2, 0.25) is 5.02 Å². The minimum atomic E-state index is -0.169. The van der Waals surface area contributed by atoms with Gasteiger partial charge in [-0.1, -0.05) is 18.5 Å². The van der Waals surface area contributed by atoms with Crippen LogP contribution < -0.4 is 10.1 Å². The van der Waals surface area contributed by atoms with Crippen LogP contribution in [0.4, 0.5) is 0 Å². The summed E-state index contributed by atoms with van der Waals surface area (Å²) in [6, 6.07) is 8.73. The second-order valence-corrected chi connectivity index (χ2v) is 4.66. The smallest absolute Gasteiger partial charge is 0.271 e. The maximum atomic E-state index is 11.7. The summed E-state index contributed by atoms with van der Waals surface area (Å²) in [6.45, 7) is 2.88. The van der Waals surface area contributed by atoms with E-state index in [0.717, 1.165) is 6.42 Å². The van der Waals surface area contributed by atoms with Gasteiger partial charge in [0, 0.05) is 17.8 Å². The Morgan fingerprint density at radius 2 is 2.10 bits per heavy atom. The van der Waals surface area contributed by atoms with Crippen molar-refractivity contribution in [3.05, 3.63) is 47.2 Å². The zero-order valence-electron chi connectivity index (χ0n) is 11.2. The molecule has 2 aromatic rings. The van der Waals surface area contributed by atoms with Gasteiger partial charge in [0.15, 0.2) is 6.73 Å². The molecule has 0 aliphatic rings. The number of hydrogen-bond acceptors (Lipinski definition) is 3. The number of ether oxygens (including phenoxy) is 1. The summed E-state index contributed by atoms with van der Waals surface area (Å²) in [5.74, 6) is 0.527. The van der Waals surface area contributed by atoms with Gasteiger partial charge < -0.3 is 10.1 Å². The molecule has 5 nitrogen and oxygen atoms in total. The van der Waals surface area contributed by atoms with E-state index >= 15 is 0 Å². The number of nitrogens with one attached hydrogen (secondary N) is 1. The standard InChI is InChI=1S/C14H16ClN3O2/c1-2-8-16-14(19)13-7-9-18(17-13)10-20-12-5-3-11(15)4-6-12/h3-7,9H,2,8,10H2,1H3,(H,16,19). The van der Waals surface area contributed by atoms with E-state index < -0.39 is 0 Å². The number of rotatable bonds is 6. The van der Waals surface area contributed by atoms with E-state index in [1.807, 2.05) is 6.92 Å². The average molecular weight is 294 g/mol. The predicted octanol–water partition coefficient (Wildman–Crippen LogP) is 2.71. The van der Waals surface area contributed by atoms with Crippen molar-refractivity contribution in [1.29, 1.82) is 0 Å². The van der Waals surface area contributed by atoms with E-state index in [1.54, 1.807) is 41.2 Å². The Morgan fingerprint density at radius 3 is 2.80 bits per heavy atom. The molecule has 0 aliphatic carbocycles. The molecule has 1 N–H and O–H groups in total. The van der Waals surface area contributed by atoms with E-state index in [4.69, 9.17) is 16.3 Å². The Morgan fingerprint density at radius 1 is 1.35 bits per heavy atom. The van der Waals surface area contributed by atoms with Crippen molar-refractivity contribution in [2.45, 2.75) is 20.1 Å². The van der Waals surface area contributed by atoms with E-state index in [1.165, 1.54) is 0 Å². The number of aromatic nitrogens is 2. The van der Waals surface area contributed by atoms with Crippen molar-refractivity contribution < 1.29 is 9.53 Å². The van der Waals surface area contributed by atoms with Crippen LogP contribution in [-0.4, -0.2) is 22.2 Å². The molecule has 0 bridgehead atoms. The van der Waals surface area contributed by atoms with E-state index in [2.05, 4.69) is 10.4 Å².